The molecule has 0 aliphatic carbocycles. The van der Waals surface area contributed by atoms with Gasteiger partial charge in [-0.3, -0.25) is 9.69 Å². The standard InChI is InChI=1S/C27H28FN2O3S.BrH/c28-23-7-4-8-24(15-23)29(16-20-11-14-34-19-20)27(32)33-26-18-30(12-9-22(26)10-13-30)17-25(31)21-5-2-1-3-6-21;/h1-8,11,14-15,19,22,26H,9-10,12-13,16-18H2;1H/q+1;/p-1. The second-order valence-corrected chi connectivity index (χ2v) is 10.2. The average Bonchev–Trinajstić information content (AvgIpc) is 3.37. The summed E-state index contributed by atoms with van der Waals surface area (Å²) in [4.78, 5) is 27.8. The molecule has 35 heavy (non-hydrogen) atoms. The van der Waals surface area contributed by atoms with Crippen molar-refractivity contribution in [3.05, 3.63) is 88.4 Å². The minimum Gasteiger partial charge on any atom is -1.00 e. The number of carbonyl (C=O) groups excluding carboxylic acids is 2. The number of hydrogen-bond donors (Lipinski definition) is 0. The van der Waals surface area contributed by atoms with Gasteiger partial charge in [-0.15, -0.1) is 0 Å². The van der Waals surface area contributed by atoms with Gasteiger partial charge in [0.05, 0.1) is 25.3 Å². The number of piperidine rings is 3. The Bertz CT molecular complexity index is 1150. The molecular formula is C27H28BrFN2O3S. The van der Waals surface area contributed by atoms with E-state index in [1.54, 1.807) is 23.5 Å². The van der Waals surface area contributed by atoms with Crippen molar-refractivity contribution in [1.82, 2.24) is 0 Å². The summed E-state index contributed by atoms with van der Waals surface area (Å²) in [5.41, 5.74) is 2.17. The molecule has 0 radical (unpaired) electrons. The SMILES string of the molecule is O=C(C[N+]12CCC(CC1)C(OC(=O)N(Cc1ccsc1)c1cccc(F)c1)C2)c1ccccc1.[Br-]. The van der Waals surface area contributed by atoms with Crippen LogP contribution in [-0.2, 0) is 11.3 Å². The van der Waals surface area contributed by atoms with E-state index >= 15 is 0 Å². The normalized spacial score (nSPS) is 22.8. The van der Waals surface area contributed by atoms with Crippen molar-refractivity contribution >= 4 is 28.9 Å². The number of fused-ring (bicyclic) bond motifs is 3. The van der Waals surface area contributed by atoms with Gasteiger partial charge in [0.2, 0.25) is 5.78 Å². The molecular weight excluding hydrogens is 531 g/mol. The van der Waals surface area contributed by atoms with E-state index in [2.05, 4.69) is 0 Å². The third-order valence-corrected chi connectivity index (χ3v) is 7.86. The zero-order chi connectivity index (χ0) is 23.5. The summed E-state index contributed by atoms with van der Waals surface area (Å²) in [6.07, 6.45) is 1.15. The fraction of sp³-hybridized carbons (Fsp3) is 0.333. The minimum absolute atomic E-state index is 0. The molecule has 2 bridgehead atoms. The van der Waals surface area contributed by atoms with E-state index in [1.165, 1.54) is 17.0 Å². The Morgan fingerprint density at radius 2 is 1.83 bits per heavy atom. The van der Waals surface area contributed by atoms with Crippen LogP contribution in [0, 0.1) is 11.7 Å². The Morgan fingerprint density at radius 1 is 1.06 bits per heavy atom. The fourth-order valence-corrected chi connectivity index (χ4v) is 5.92. The van der Waals surface area contributed by atoms with Crippen LogP contribution in [0.3, 0.4) is 0 Å². The molecule has 8 heteroatoms. The van der Waals surface area contributed by atoms with Gasteiger partial charge in [-0.2, -0.15) is 11.3 Å². The highest BCUT2D eigenvalue weighted by molar-refractivity contribution is 7.07. The zero-order valence-electron chi connectivity index (χ0n) is 19.3. The van der Waals surface area contributed by atoms with Crippen LogP contribution in [-0.4, -0.2) is 48.6 Å². The average molecular weight is 560 g/mol. The third kappa shape index (κ3) is 5.82. The number of benzene rings is 2. The van der Waals surface area contributed by atoms with E-state index in [0.717, 1.165) is 37.1 Å². The number of hydrogen-bond acceptors (Lipinski definition) is 4. The molecule has 3 saturated heterocycles. The van der Waals surface area contributed by atoms with Gasteiger partial charge < -0.3 is 26.2 Å². The Kier molecular flexibility index (Phi) is 8.04. The van der Waals surface area contributed by atoms with E-state index < -0.39 is 11.9 Å². The van der Waals surface area contributed by atoms with Crippen LogP contribution < -0.4 is 21.9 Å². The highest BCUT2D eigenvalue weighted by Crippen LogP contribution is 2.36. The van der Waals surface area contributed by atoms with Gasteiger partial charge in [0.15, 0.2) is 6.10 Å². The molecule has 1 unspecified atom stereocenters. The quantitative estimate of drug-likeness (QED) is 0.331. The van der Waals surface area contributed by atoms with Crippen LogP contribution in [0.4, 0.5) is 14.9 Å². The zero-order valence-corrected chi connectivity index (χ0v) is 21.7. The first kappa shape index (κ1) is 25.5. The van der Waals surface area contributed by atoms with E-state index in [-0.39, 0.29) is 28.9 Å². The van der Waals surface area contributed by atoms with E-state index in [0.29, 0.717) is 35.7 Å². The van der Waals surface area contributed by atoms with E-state index in [1.807, 2.05) is 47.2 Å². The largest absolute Gasteiger partial charge is 1.00 e. The highest BCUT2D eigenvalue weighted by atomic mass is 79.9. The molecule has 3 fully saturated rings. The van der Waals surface area contributed by atoms with Gasteiger partial charge in [-0.05, 0) is 40.6 Å². The maximum Gasteiger partial charge on any atom is 0.415 e. The maximum atomic E-state index is 14.0. The first-order chi connectivity index (χ1) is 16.5. The van der Waals surface area contributed by atoms with Crippen LogP contribution in [0.15, 0.2) is 71.4 Å². The number of nitrogens with zero attached hydrogens (tertiary/aromatic N) is 2. The molecule has 3 aliphatic heterocycles. The van der Waals surface area contributed by atoms with Gasteiger partial charge >= 0.3 is 6.09 Å². The molecule has 1 amide bonds. The Labute approximate surface area is 219 Å². The van der Waals surface area contributed by atoms with Gasteiger partial charge in [0, 0.05) is 24.3 Å². The van der Waals surface area contributed by atoms with Crippen LogP contribution in [0.5, 0.6) is 0 Å². The van der Waals surface area contributed by atoms with Gasteiger partial charge in [0.1, 0.15) is 18.9 Å². The Hall–Kier alpha value is -2.55. The van der Waals surface area contributed by atoms with Gasteiger partial charge in [-0.1, -0.05) is 36.4 Å². The molecule has 184 valence electrons. The lowest BCUT2D eigenvalue weighted by atomic mass is 9.83. The van der Waals surface area contributed by atoms with Gasteiger partial charge in [-0.25, -0.2) is 9.18 Å². The predicted octanol–water partition coefficient (Wildman–Crippen LogP) is 2.53. The summed E-state index contributed by atoms with van der Waals surface area (Å²) in [6.45, 7) is 3.24. The third-order valence-electron chi connectivity index (χ3n) is 7.13. The maximum absolute atomic E-state index is 14.0. The number of ether oxygens (including phenoxy) is 1. The smallest absolute Gasteiger partial charge is 0.415 e. The monoisotopic (exact) mass is 558 g/mol. The van der Waals surface area contributed by atoms with Crippen LogP contribution >= 0.6 is 11.3 Å². The summed E-state index contributed by atoms with van der Waals surface area (Å²) < 4.78 is 20.7. The van der Waals surface area contributed by atoms with Crippen LogP contribution in [0.2, 0.25) is 0 Å². The summed E-state index contributed by atoms with van der Waals surface area (Å²) in [7, 11) is 0. The molecule has 3 aromatic rings. The minimum atomic E-state index is -0.469. The molecule has 3 aliphatic rings. The summed E-state index contributed by atoms with van der Waals surface area (Å²) in [6, 6.07) is 17.4. The van der Waals surface area contributed by atoms with Crippen molar-refractivity contribution in [2.75, 3.05) is 31.1 Å². The van der Waals surface area contributed by atoms with Gasteiger partial charge in [0.25, 0.3) is 0 Å². The molecule has 0 spiro atoms. The summed E-state index contributed by atoms with van der Waals surface area (Å²) >= 11 is 1.55. The number of amides is 1. The topological polar surface area (TPSA) is 46.6 Å². The molecule has 0 saturated carbocycles. The van der Waals surface area contributed by atoms with Crippen molar-refractivity contribution in [3.63, 3.8) is 0 Å². The number of carbonyl (C=O) groups is 2. The highest BCUT2D eigenvalue weighted by Gasteiger charge is 2.49. The lowest BCUT2D eigenvalue weighted by Gasteiger charge is -2.51. The number of halogens is 2. The molecule has 1 atom stereocenters. The predicted molar refractivity (Wildman–Crippen MR) is 130 cm³/mol. The lowest BCUT2D eigenvalue weighted by Crippen LogP contribution is -3.00. The lowest BCUT2D eigenvalue weighted by molar-refractivity contribution is -0.938. The molecule has 4 heterocycles. The van der Waals surface area contributed by atoms with Crippen LogP contribution in [0.25, 0.3) is 0 Å². The first-order valence-corrected chi connectivity index (χ1v) is 12.6. The van der Waals surface area contributed by atoms with E-state index in [9.17, 15) is 14.0 Å². The molecule has 6 rings (SSSR count). The van der Waals surface area contributed by atoms with Crippen molar-refractivity contribution < 1.29 is 40.2 Å². The number of ketones is 1. The molecule has 2 aromatic carbocycles. The van der Waals surface area contributed by atoms with Crippen molar-refractivity contribution in [3.8, 4) is 0 Å². The van der Waals surface area contributed by atoms with Crippen molar-refractivity contribution in [1.29, 1.82) is 0 Å². The number of thiophene rings is 1. The Balaban J connectivity index is 0.00000289. The number of Topliss-reactive ketones (excluding diaryl/α,β-unsaturated/α-hetero) is 1. The number of quaternary nitrogens is 1. The summed E-state index contributed by atoms with van der Waals surface area (Å²) in [5, 5.41) is 3.93. The Morgan fingerprint density at radius 3 is 2.51 bits per heavy atom. The second kappa shape index (κ2) is 11.0. The molecule has 5 nitrogen and oxygen atoms in total. The first-order valence-electron chi connectivity index (χ1n) is 11.7. The molecule has 1 aromatic heterocycles. The number of anilines is 1. The second-order valence-electron chi connectivity index (χ2n) is 9.38. The number of rotatable bonds is 7. The summed E-state index contributed by atoms with van der Waals surface area (Å²) in [5.74, 6) is 0.0311. The van der Waals surface area contributed by atoms with Crippen molar-refractivity contribution in [2.24, 2.45) is 5.92 Å². The molecule has 0 N–H and O–H groups in total. The van der Waals surface area contributed by atoms with Crippen LogP contribution in [0.1, 0.15) is 28.8 Å². The van der Waals surface area contributed by atoms with Crippen molar-refractivity contribution in [2.45, 2.75) is 25.5 Å². The fourth-order valence-electron chi connectivity index (χ4n) is 5.26. The van der Waals surface area contributed by atoms with E-state index in [4.69, 9.17) is 4.74 Å².